The van der Waals surface area contributed by atoms with Crippen LogP contribution in [0.15, 0.2) is 58.5 Å². The number of nitrogens with zero attached hydrogens (tertiary/aromatic N) is 4. The SMILES string of the molecule is CCOCCCn1c(=O)c2ccccc2n2c(SC(C)c3ccccc3Cl)nnc12. The zero-order chi connectivity index (χ0) is 21.1. The van der Waals surface area contributed by atoms with Crippen molar-refractivity contribution in [3.05, 3.63) is 69.5 Å². The normalized spacial score (nSPS) is 12.6. The molecule has 0 aliphatic rings. The molecule has 0 N–H and O–H groups in total. The van der Waals surface area contributed by atoms with Crippen LogP contribution in [0.2, 0.25) is 5.02 Å². The molecule has 2 aromatic carbocycles. The smallest absolute Gasteiger partial charge is 0.262 e. The molecule has 0 fully saturated rings. The molecule has 0 radical (unpaired) electrons. The first-order chi connectivity index (χ1) is 14.6. The van der Waals surface area contributed by atoms with E-state index in [4.69, 9.17) is 16.3 Å². The van der Waals surface area contributed by atoms with Crippen LogP contribution < -0.4 is 5.56 Å². The maximum absolute atomic E-state index is 13.1. The molecule has 0 spiro atoms. The third kappa shape index (κ3) is 3.97. The Labute approximate surface area is 183 Å². The van der Waals surface area contributed by atoms with Crippen molar-refractivity contribution < 1.29 is 4.74 Å². The summed E-state index contributed by atoms with van der Waals surface area (Å²) in [4.78, 5) is 13.1. The highest BCUT2D eigenvalue weighted by Gasteiger charge is 2.19. The molecule has 8 heteroatoms. The Balaban J connectivity index is 1.79. The minimum atomic E-state index is -0.0577. The molecule has 156 valence electrons. The molecule has 30 heavy (non-hydrogen) atoms. The first-order valence-corrected chi connectivity index (χ1v) is 11.2. The molecule has 2 aromatic heterocycles. The van der Waals surface area contributed by atoms with Gasteiger partial charge in [0.05, 0.1) is 10.9 Å². The zero-order valence-corrected chi connectivity index (χ0v) is 18.5. The summed E-state index contributed by atoms with van der Waals surface area (Å²) >= 11 is 7.96. The Bertz CT molecular complexity index is 1240. The van der Waals surface area contributed by atoms with E-state index in [1.807, 2.05) is 59.9 Å². The van der Waals surface area contributed by atoms with Crippen molar-refractivity contribution in [2.75, 3.05) is 13.2 Å². The van der Waals surface area contributed by atoms with E-state index in [0.29, 0.717) is 30.9 Å². The number of ether oxygens (including phenoxy) is 1. The average Bonchev–Trinajstić information content (AvgIpc) is 3.17. The van der Waals surface area contributed by atoms with Crippen LogP contribution >= 0.6 is 23.4 Å². The number of halogens is 1. The molecule has 4 aromatic rings. The van der Waals surface area contributed by atoms with E-state index in [2.05, 4.69) is 17.1 Å². The molecule has 0 amide bonds. The first-order valence-electron chi connectivity index (χ1n) is 9.97. The molecular weight excluding hydrogens is 420 g/mol. The van der Waals surface area contributed by atoms with Gasteiger partial charge in [0, 0.05) is 30.0 Å². The first kappa shape index (κ1) is 20.9. The van der Waals surface area contributed by atoms with Gasteiger partial charge in [-0.3, -0.25) is 13.8 Å². The van der Waals surface area contributed by atoms with E-state index in [9.17, 15) is 4.79 Å². The summed E-state index contributed by atoms with van der Waals surface area (Å²) in [5.41, 5.74) is 1.78. The summed E-state index contributed by atoms with van der Waals surface area (Å²) in [5, 5.41) is 11.0. The Kier molecular flexibility index (Phi) is 6.41. The van der Waals surface area contributed by atoms with Crippen LogP contribution in [-0.2, 0) is 11.3 Å². The summed E-state index contributed by atoms with van der Waals surface area (Å²) < 4.78 is 9.10. The molecule has 0 bridgehead atoms. The van der Waals surface area contributed by atoms with Crippen LogP contribution in [0.1, 0.15) is 31.1 Å². The Morgan fingerprint density at radius 1 is 1.13 bits per heavy atom. The summed E-state index contributed by atoms with van der Waals surface area (Å²) in [5.74, 6) is 0.545. The zero-order valence-electron chi connectivity index (χ0n) is 16.9. The molecule has 1 atom stereocenters. The summed E-state index contributed by atoms with van der Waals surface area (Å²) in [6, 6.07) is 15.4. The number of aryl methyl sites for hydroxylation is 1. The van der Waals surface area contributed by atoms with Crippen LogP contribution in [-0.4, -0.2) is 32.4 Å². The number of benzene rings is 2. The van der Waals surface area contributed by atoms with Crippen molar-refractivity contribution >= 4 is 40.0 Å². The van der Waals surface area contributed by atoms with Gasteiger partial charge in [0.2, 0.25) is 5.78 Å². The molecule has 0 aliphatic heterocycles. The second-order valence-electron chi connectivity index (χ2n) is 6.92. The van der Waals surface area contributed by atoms with E-state index >= 15 is 0 Å². The van der Waals surface area contributed by atoms with Gasteiger partial charge in [0.15, 0.2) is 5.16 Å². The maximum atomic E-state index is 13.1. The summed E-state index contributed by atoms with van der Waals surface area (Å²) in [7, 11) is 0. The Morgan fingerprint density at radius 3 is 2.70 bits per heavy atom. The second-order valence-corrected chi connectivity index (χ2v) is 8.64. The van der Waals surface area contributed by atoms with Gasteiger partial charge in [-0.25, -0.2) is 0 Å². The van der Waals surface area contributed by atoms with Crippen LogP contribution in [0.4, 0.5) is 0 Å². The molecule has 6 nitrogen and oxygen atoms in total. The van der Waals surface area contributed by atoms with E-state index in [0.717, 1.165) is 27.7 Å². The summed E-state index contributed by atoms with van der Waals surface area (Å²) in [6.45, 7) is 5.83. The molecule has 2 heterocycles. The van der Waals surface area contributed by atoms with Crippen LogP contribution in [0, 0.1) is 0 Å². The van der Waals surface area contributed by atoms with Crippen LogP contribution in [0.3, 0.4) is 0 Å². The minimum Gasteiger partial charge on any atom is -0.382 e. The molecule has 0 saturated heterocycles. The van der Waals surface area contributed by atoms with Crippen LogP contribution in [0.5, 0.6) is 0 Å². The van der Waals surface area contributed by atoms with E-state index in [1.54, 1.807) is 16.3 Å². The lowest BCUT2D eigenvalue weighted by atomic mass is 10.2. The fraction of sp³-hybridized carbons (Fsp3) is 0.318. The van der Waals surface area contributed by atoms with E-state index < -0.39 is 0 Å². The molecule has 0 aliphatic carbocycles. The van der Waals surface area contributed by atoms with Crippen LogP contribution in [0.25, 0.3) is 16.7 Å². The topological polar surface area (TPSA) is 61.4 Å². The lowest BCUT2D eigenvalue weighted by Crippen LogP contribution is -2.24. The van der Waals surface area contributed by atoms with Crippen molar-refractivity contribution in [1.82, 2.24) is 19.2 Å². The highest BCUT2D eigenvalue weighted by Crippen LogP contribution is 2.37. The molecule has 1 unspecified atom stereocenters. The van der Waals surface area contributed by atoms with E-state index in [-0.39, 0.29) is 10.8 Å². The third-order valence-corrected chi connectivity index (χ3v) is 6.40. The number of para-hydroxylation sites is 1. The van der Waals surface area contributed by atoms with Crippen molar-refractivity contribution in [2.45, 2.75) is 37.2 Å². The lowest BCUT2D eigenvalue weighted by molar-refractivity contribution is 0.141. The van der Waals surface area contributed by atoms with Gasteiger partial charge in [-0.15, -0.1) is 10.2 Å². The van der Waals surface area contributed by atoms with Gasteiger partial charge >= 0.3 is 0 Å². The third-order valence-electron chi connectivity index (χ3n) is 4.98. The second kappa shape index (κ2) is 9.20. The van der Waals surface area contributed by atoms with Crippen molar-refractivity contribution in [3.63, 3.8) is 0 Å². The lowest BCUT2D eigenvalue weighted by Gasteiger charge is -2.14. The number of aromatic nitrogens is 4. The van der Waals surface area contributed by atoms with Gasteiger partial charge in [0.25, 0.3) is 5.56 Å². The monoisotopic (exact) mass is 442 g/mol. The predicted molar refractivity (Wildman–Crippen MR) is 122 cm³/mol. The molecule has 4 rings (SSSR count). The number of hydrogen-bond donors (Lipinski definition) is 0. The van der Waals surface area contributed by atoms with E-state index in [1.165, 1.54) is 0 Å². The van der Waals surface area contributed by atoms with Gasteiger partial charge in [-0.2, -0.15) is 0 Å². The Hall–Kier alpha value is -2.35. The number of hydrogen-bond acceptors (Lipinski definition) is 5. The van der Waals surface area contributed by atoms with Gasteiger partial charge in [-0.1, -0.05) is 53.7 Å². The fourth-order valence-electron chi connectivity index (χ4n) is 3.51. The number of fused-ring (bicyclic) bond motifs is 3. The number of rotatable bonds is 8. The maximum Gasteiger partial charge on any atom is 0.262 e. The Morgan fingerprint density at radius 2 is 1.90 bits per heavy atom. The highest BCUT2D eigenvalue weighted by molar-refractivity contribution is 7.99. The van der Waals surface area contributed by atoms with Crippen molar-refractivity contribution in [2.24, 2.45) is 0 Å². The molecule has 0 saturated carbocycles. The quantitative estimate of drug-likeness (QED) is 0.284. The standard InChI is InChI=1S/C22H23ClN4O2S/c1-3-29-14-8-13-26-20(28)17-10-5-7-12-19(17)27-21(26)24-25-22(27)30-15(2)16-9-4-6-11-18(16)23/h4-7,9-12,15H,3,8,13-14H2,1-2H3. The van der Waals surface area contributed by atoms with Crippen molar-refractivity contribution in [3.8, 4) is 0 Å². The number of thioether (sulfide) groups is 1. The van der Waals surface area contributed by atoms with Gasteiger partial charge < -0.3 is 4.74 Å². The van der Waals surface area contributed by atoms with Gasteiger partial charge in [-0.05, 0) is 44.0 Å². The highest BCUT2D eigenvalue weighted by atomic mass is 35.5. The molecular formula is C22H23ClN4O2S. The predicted octanol–water partition coefficient (Wildman–Crippen LogP) is 4.98. The minimum absolute atomic E-state index is 0.0577. The summed E-state index contributed by atoms with van der Waals surface area (Å²) in [6.07, 6.45) is 0.729. The fourth-order valence-corrected chi connectivity index (χ4v) is 4.89. The van der Waals surface area contributed by atoms with Crippen molar-refractivity contribution in [1.29, 1.82) is 0 Å². The largest absolute Gasteiger partial charge is 0.382 e. The van der Waals surface area contributed by atoms with Gasteiger partial charge in [0.1, 0.15) is 0 Å². The average molecular weight is 443 g/mol.